The van der Waals surface area contributed by atoms with E-state index >= 15 is 0 Å². The first-order chi connectivity index (χ1) is 9.65. The van der Waals surface area contributed by atoms with E-state index in [2.05, 4.69) is 48.5 Å². The molecule has 3 atom stereocenters. The van der Waals surface area contributed by atoms with Crippen LogP contribution >= 0.6 is 11.3 Å². The molecule has 2 aliphatic rings. The molecule has 0 aromatic carbocycles. The lowest BCUT2D eigenvalue weighted by Crippen LogP contribution is -2.58. The summed E-state index contributed by atoms with van der Waals surface area (Å²) in [4.78, 5) is 4.18. The topological polar surface area (TPSA) is 15.3 Å². The standard InChI is InChI=1S/C17H28N2S/c1-12(2)19-10-14-6-4-7-15(11-19)17(14)18-13(3)16-8-5-9-20-16/h5,8-9,12-15,17-18H,4,6-7,10-11H2,1-3H3/t13-,14?,15?,17?/m1/s1. The summed E-state index contributed by atoms with van der Waals surface area (Å²) in [6.45, 7) is 9.61. The molecule has 2 nitrogen and oxygen atoms in total. The Bertz CT molecular complexity index is 401. The van der Waals surface area contributed by atoms with Gasteiger partial charge in [-0.2, -0.15) is 0 Å². The zero-order valence-electron chi connectivity index (χ0n) is 13.0. The van der Waals surface area contributed by atoms with E-state index in [1.54, 1.807) is 0 Å². The predicted molar refractivity (Wildman–Crippen MR) is 87.2 cm³/mol. The van der Waals surface area contributed by atoms with E-state index in [0.29, 0.717) is 12.1 Å². The zero-order valence-corrected chi connectivity index (χ0v) is 13.8. The van der Waals surface area contributed by atoms with Crippen LogP contribution in [0.15, 0.2) is 17.5 Å². The lowest BCUT2D eigenvalue weighted by atomic mass is 9.73. The van der Waals surface area contributed by atoms with Crippen molar-refractivity contribution >= 4 is 11.3 Å². The highest BCUT2D eigenvalue weighted by Crippen LogP contribution is 2.37. The largest absolute Gasteiger partial charge is 0.306 e. The number of piperidine rings is 1. The van der Waals surface area contributed by atoms with Crippen LogP contribution in [0.25, 0.3) is 0 Å². The Balaban J connectivity index is 1.67. The molecule has 3 heteroatoms. The van der Waals surface area contributed by atoms with Crippen LogP contribution in [-0.4, -0.2) is 30.1 Å². The van der Waals surface area contributed by atoms with Crippen molar-refractivity contribution < 1.29 is 0 Å². The number of hydrogen-bond acceptors (Lipinski definition) is 3. The molecule has 1 saturated heterocycles. The maximum Gasteiger partial charge on any atom is 0.0388 e. The Labute approximate surface area is 127 Å². The summed E-state index contributed by atoms with van der Waals surface area (Å²) in [5.74, 6) is 1.71. The van der Waals surface area contributed by atoms with Crippen molar-refractivity contribution in [3.63, 3.8) is 0 Å². The second-order valence-electron chi connectivity index (χ2n) is 6.93. The van der Waals surface area contributed by atoms with Crippen molar-refractivity contribution in [1.29, 1.82) is 0 Å². The molecule has 20 heavy (non-hydrogen) atoms. The van der Waals surface area contributed by atoms with Gasteiger partial charge in [-0.1, -0.05) is 12.5 Å². The number of likely N-dealkylation sites (tertiary alicyclic amines) is 1. The Morgan fingerprint density at radius 2 is 1.90 bits per heavy atom. The Kier molecular flexibility index (Phi) is 4.49. The smallest absolute Gasteiger partial charge is 0.0388 e. The summed E-state index contributed by atoms with van der Waals surface area (Å²) in [6.07, 6.45) is 4.26. The number of rotatable bonds is 4. The van der Waals surface area contributed by atoms with E-state index in [-0.39, 0.29) is 0 Å². The molecule has 0 radical (unpaired) electrons. The van der Waals surface area contributed by atoms with Gasteiger partial charge in [0.1, 0.15) is 0 Å². The Morgan fingerprint density at radius 1 is 1.20 bits per heavy atom. The van der Waals surface area contributed by atoms with E-state index in [1.807, 2.05) is 11.3 Å². The first-order valence-corrected chi connectivity index (χ1v) is 9.06. The summed E-state index contributed by atoms with van der Waals surface area (Å²) in [6, 6.07) is 6.38. The molecular weight excluding hydrogens is 264 g/mol. The third-order valence-corrected chi connectivity index (χ3v) is 6.30. The SMILES string of the molecule is CC(C)N1CC2CCCC(C1)C2N[C@H](C)c1cccs1. The third kappa shape index (κ3) is 2.95. The molecule has 2 heterocycles. The predicted octanol–water partition coefficient (Wildman–Crippen LogP) is 3.91. The minimum absolute atomic E-state index is 0.508. The first-order valence-electron chi connectivity index (χ1n) is 8.18. The zero-order chi connectivity index (χ0) is 14.1. The average molecular weight is 292 g/mol. The van der Waals surface area contributed by atoms with Crippen molar-refractivity contribution in [2.75, 3.05) is 13.1 Å². The molecule has 3 rings (SSSR count). The van der Waals surface area contributed by atoms with Crippen LogP contribution in [0.5, 0.6) is 0 Å². The van der Waals surface area contributed by atoms with Gasteiger partial charge in [-0.05, 0) is 56.9 Å². The summed E-state index contributed by atoms with van der Waals surface area (Å²) >= 11 is 1.88. The molecule has 1 aromatic heterocycles. The molecule has 2 unspecified atom stereocenters. The average Bonchev–Trinajstić information content (AvgIpc) is 2.91. The first kappa shape index (κ1) is 14.6. The molecule has 0 amide bonds. The number of nitrogens with zero attached hydrogens (tertiary/aromatic N) is 1. The van der Waals surface area contributed by atoms with Crippen LogP contribution in [-0.2, 0) is 0 Å². The fraction of sp³-hybridized carbons (Fsp3) is 0.765. The van der Waals surface area contributed by atoms with Crippen LogP contribution in [0, 0.1) is 11.8 Å². The van der Waals surface area contributed by atoms with Crippen molar-refractivity contribution in [3.8, 4) is 0 Å². The van der Waals surface area contributed by atoms with Gasteiger partial charge < -0.3 is 10.2 Å². The highest BCUT2D eigenvalue weighted by molar-refractivity contribution is 7.10. The monoisotopic (exact) mass is 292 g/mol. The quantitative estimate of drug-likeness (QED) is 0.905. The van der Waals surface area contributed by atoms with Crippen LogP contribution in [0.4, 0.5) is 0 Å². The molecule has 1 aliphatic heterocycles. The van der Waals surface area contributed by atoms with Crippen molar-refractivity contribution in [1.82, 2.24) is 10.2 Å². The molecule has 1 aromatic rings. The second kappa shape index (κ2) is 6.17. The second-order valence-corrected chi connectivity index (χ2v) is 7.91. The molecule has 0 spiro atoms. The van der Waals surface area contributed by atoms with Crippen LogP contribution in [0.1, 0.15) is 51.0 Å². The molecular formula is C17H28N2S. The Morgan fingerprint density at radius 3 is 2.45 bits per heavy atom. The van der Waals surface area contributed by atoms with Gasteiger partial charge in [0.2, 0.25) is 0 Å². The summed E-state index contributed by atoms with van der Waals surface area (Å²) < 4.78 is 0. The van der Waals surface area contributed by atoms with Gasteiger partial charge in [0.25, 0.3) is 0 Å². The van der Waals surface area contributed by atoms with Gasteiger partial charge in [-0.25, -0.2) is 0 Å². The highest BCUT2D eigenvalue weighted by Gasteiger charge is 2.40. The molecule has 1 N–H and O–H groups in total. The lowest BCUT2D eigenvalue weighted by molar-refractivity contribution is 0.0258. The normalized spacial score (nSPS) is 32.5. The minimum Gasteiger partial charge on any atom is -0.306 e. The van der Waals surface area contributed by atoms with Crippen molar-refractivity contribution in [2.45, 2.75) is 58.2 Å². The summed E-state index contributed by atoms with van der Waals surface area (Å²) in [7, 11) is 0. The van der Waals surface area contributed by atoms with Crippen molar-refractivity contribution in [3.05, 3.63) is 22.4 Å². The molecule has 112 valence electrons. The highest BCUT2D eigenvalue weighted by atomic mass is 32.1. The fourth-order valence-corrected chi connectivity index (χ4v) is 4.82. The summed E-state index contributed by atoms with van der Waals surface area (Å²) in [5.41, 5.74) is 0. The van der Waals surface area contributed by atoms with Crippen LogP contribution < -0.4 is 5.32 Å². The fourth-order valence-electron chi connectivity index (χ4n) is 4.08. The van der Waals surface area contributed by atoms with Gasteiger partial charge in [0, 0.05) is 36.1 Å². The van der Waals surface area contributed by atoms with Gasteiger partial charge in [0.05, 0.1) is 0 Å². The van der Waals surface area contributed by atoms with Crippen LogP contribution in [0.3, 0.4) is 0 Å². The van der Waals surface area contributed by atoms with Gasteiger partial charge in [0.15, 0.2) is 0 Å². The number of fused-ring (bicyclic) bond motifs is 2. The maximum absolute atomic E-state index is 3.97. The van der Waals surface area contributed by atoms with Crippen molar-refractivity contribution in [2.24, 2.45) is 11.8 Å². The van der Waals surface area contributed by atoms with E-state index in [9.17, 15) is 0 Å². The van der Waals surface area contributed by atoms with Crippen LogP contribution in [0.2, 0.25) is 0 Å². The minimum atomic E-state index is 0.508. The summed E-state index contributed by atoms with van der Waals surface area (Å²) in [5, 5.41) is 6.16. The molecule has 1 aliphatic carbocycles. The lowest BCUT2D eigenvalue weighted by Gasteiger charge is -2.49. The number of thiophene rings is 1. The Hall–Kier alpha value is -0.380. The number of nitrogens with one attached hydrogen (secondary N) is 1. The van der Waals surface area contributed by atoms with E-state index in [1.165, 1.54) is 37.2 Å². The molecule has 1 saturated carbocycles. The van der Waals surface area contributed by atoms with E-state index in [4.69, 9.17) is 0 Å². The van der Waals surface area contributed by atoms with Gasteiger partial charge in [-0.15, -0.1) is 11.3 Å². The molecule has 2 bridgehead atoms. The van der Waals surface area contributed by atoms with E-state index < -0.39 is 0 Å². The van der Waals surface area contributed by atoms with E-state index in [0.717, 1.165) is 17.9 Å². The maximum atomic E-state index is 3.97. The van der Waals surface area contributed by atoms with Gasteiger partial charge >= 0.3 is 0 Å². The van der Waals surface area contributed by atoms with Gasteiger partial charge in [-0.3, -0.25) is 0 Å². The number of hydrogen-bond donors (Lipinski definition) is 1. The third-order valence-electron chi connectivity index (χ3n) is 5.25. The molecule has 2 fully saturated rings.